The molecule has 5 heteroatoms. The highest BCUT2D eigenvalue weighted by Gasteiger charge is 2.23. The maximum absolute atomic E-state index is 5.96. The fourth-order valence-electron chi connectivity index (χ4n) is 3.67. The van der Waals surface area contributed by atoms with Crippen LogP contribution in [0.25, 0.3) is 11.3 Å². The molecule has 0 spiro atoms. The van der Waals surface area contributed by atoms with Crippen LogP contribution in [-0.2, 0) is 13.0 Å². The standard InChI is InChI=1S/C22H33N3O2/c1-4-7-8-14-27-20-10-9-17(15-21(20)26-6-3)22-18-16-25(12-5-2)13-11-19(18)23-24-22/h9-10,15H,4-8,11-14,16H2,1-3H3,(H,23,24). The van der Waals surface area contributed by atoms with Crippen molar-refractivity contribution in [1.29, 1.82) is 0 Å². The Balaban J connectivity index is 1.81. The van der Waals surface area contributed by atoms with Gasteiger partial charge in [0.15, 0.2) is 11.5 Å². The molecule has 0 fully saturated rings. The summed E-state index contributed by atoms with van der Waals surface area (Å²) in [6.07, 6.45) is 5.68. The summed E-state index contributed by atoms with van der Waals surface area (Å²) in [6, 6.07) is 6.21. The second-order valence-corrected chi connectivity index (χ2v) is 7.21. The summed E-state index contributed by atoms with van der Waals surface area (Å²) in [4.78, 5) is 2.51. The maximum atomic E-state index is 5.96. The quantitative estimate of drug-likeness (QED) is 0.609. The minimum atomic E-state index is 0.623. The van der Waals surface area contributed by atoms with Gasteiger partial charge in [0.25, 0.3) is 0 Å². The summed E-state index contributed by atoms with van der Waals surface area (Å²) in [5, 5.41) is 7.89. The molecule has 1 N–H and O–H groups in total. The van der Waals surface area contributed by atoms with Gasteiger partial charge in [-0.25, -0.2) is 0 Å². The van der Waals surface area contributed by atoms with Crippen molar-refractivity contribution in [3.63, 3.8) is 0 Å². The molecule has 1 aromatic heterocycles. The second kappa shape index (κ2) is 9.79. The van der Waals surface area contributed by atoms with Crippen molar-refractivity contribution < 1.29 is 9.47 Å². The third-order valence-electron chi connectivity index (χ3n) is 5.07. The third-order valence-corrected chi connectivity index (χ3v) is 5.07. The average molecular weight is 372 g/mol. The number of aromatic nitrogens is 2. The van der Waals surface area contributed by atoms with Gasteiger partial charge in [0.05, 0.1) is 18.9 Å². The van der Waals surface area contributed by atoms with E-state index in [2.05, 4.69) is 41.1 Å². The number of hydrogen-bond donors (Lipinski definition) is 1. The van der Waals surface area contributed by atoms with Gasteiger partial charge >= 0.3 is 0 Å². The second-order valence-electron chi connectivity index (χ2n) is 7.21. The number of benzene rings is 1. The molecular weight excluding hydrogens is 338 g/mol. The largest absolute Gasteiger partial charge is 0.490 e. The lowest BCUT2D eigenvalue weighted by Crippen LogP contribution is -2.31. The van der Waals surface area contributed by atoms with E-state index in [1.807, 2.05) is 13.0 Å². The van der Waals surface area contributed by atoms with Crippen molar-refractivity contribution in [1.82, 2.24) is 15.1 Å². The first kappa shape index (κ1) is 19.7. The van der Waals surface area contributed by atoms with Crippen LogP contribution in [0.1, 0.15) is 57.7 Å². The number of nitrogens with one attached hydrogen (secondary N) is 1. The van der Waals surface area contributed by atoms with Crippen LogP contribution in [0, 0.1) is 0 Å². The van der Waals surface area contributed by atoms with E-state index in [0.29, 0.717) is 6.61 Å². The molecular formula is C22H33N3O2. The summed E-state index contributed by atoms with van der Waals surface area (Å²) in [7, 11) is 0. The maximum Gasteiger partial charge on any atom is 0.161 e. The molecule has 0 bridgehead atoms. The number of nitrogens with zero attached hydrogens (tertiary/aromatic N) is 2. The van der Waals surface area contributed by atoms with Gasteiger partial charge in [0, 0.05) is 36.3 Å². The molecule has 5 nitrogen and oxygen atoms in total. The van der Waals surface area contributed by atoms with Gasteiger partial charge in [-0.1, -0.05) is 26.7 Å². The predicted molar refractivity (Wildman–Crippen MR) is 109 cm³/mol. The Labute approximate surface area is 163 Å². The van der Waals surface area contributed by atoms with Crippen LogP contribution in [0.5, 0.6) is 11.5 Å². The van der Waals surface area contributed by atoms with E-state index in [0.717, 1.165) is 61.8 Å². The van der Waals surface area contributed by atoms with E-state index in [1.165, 1.54) is 30.5 Å². The van der Waals surface area contributed by atoms with Gasteiger partial charge < -0.3 is 9.47 Å². The number of hydrogen-bond acceptors (Lipinski definition) is 4. The Morgan fingerprint density at radius 2 is 1.96 bits per heavy atom. The highest BCUT2D eigenvalue weighted by molar-refractivity contribution is 5.68. The first-order valence-corrected chi connectivity index (χ1v) is 10.4. The number of ether oxygens (including phenoxy) is 2. The topological polar surface area (TPSA) is 50.4 Å². The summed E-state index contributed by atoms with van der Waals surface area (Å²) in [5.74, 6) is 1.64. The molecule has 1 aromatic carbocycles. The average Bonchev–Trinajstić information content (AvgIpc) is 3.10. The minimum absolute atomic E-state index is 0.623. The Morgan fingerprint density at radius 3 is 2.74 bits per heavy atom. The Morgan fingerprint density at radius 1 is 1.07 bits per heavy atom. The zero-order valence-corrected chi connectivity index (χ0v) is 17.0. The van der Waals surface area contributed by atoms with Gasteiger partial charge in [-0.15, -0.1) is 0 Å². The number of rotatable bonds is 10. The predicted octanol–water partition coefficient (Wildman–Crippen LogP) is 4.81. The molecule has 0 aliphatic carbocycles. The number of H-pyrrole nitrogens is 1. The molecule has 0 radical (unpaired) electrons. The smallest absolute Gasteiger partial charge is 0.161 e. The highest BCUT2D eigenvalue weighted by atomic mass is 16.5. The van der Waals surface area contributed by atoms with Crippen molar-refractivity contribution >= 4 is 0 Å². The fourth-order valence-corrected chi connectivity index (χ4v) is 3.67. The lowest BCUT2D eigenvalue weighted by atomic mass is 10.0. The molecule has 27 heavy (non-hydrogen) atoms. The summed E-state index contributed by atoms with van der Waals surface area (Å²) < 4.78 is 11.8. The zero-order chi connectivity index (χ0) is 19.1. The van der Waals surface area contributed by atoms with Crippen LogP contribution in [0.2, 0.25) is 0 Å². The zero-order valence-electron chi connectivity index (χ0n) is 17.0. The van der Waals surface area contributed by atoms with E-state index in [9.17, 15) is 0 Å². The van der Waals surface area contributed by atoms with Crippen LogP contribution in [0.4, 0.5) is 0 Å². The molecule has 3 rings (SSSR count). The van der Waals surface area contributed by atoms with E-state index < -0.39 is 0 Å². The van der Waals surface area contributed by atoms with Gasteiger partial charge in [-0.3, -0.25) is 10.00 Å². The lowest BCUT2D eigenvalue weighted by Gasteiger charge is -2.26. The van der Waals surface area contributed by atoms with Crippen molar-refractivity contribution in [3.05, 3.63) is 29.5 Å². The molecule has 0 saturated carbocycles. The van der Waals surface area contributed by atoms with Crippen LogP contribution in [0.3, 0.4) is 0 Å². The summed E-state index contributed by atoms with van der Waals surface area (Å²) in [5.41, 5.74) is 4.74. The van der Waals surface area contributed by atoms with Crippen LogP contribution >= 0.6 is 0 Å². The van der Waals surface area contributed by atoms with Gasteiger partial charge in [-0.05, 0) is 44.5 Å². The number of unbranched alkanes of at least 4 members (excludes halogenated alkanes) is 2. The Kier molecular flexibility index (Phi) is 7.16. The SMILES string of the molecule is CCCCCOc1ccc(-c2n[nH]c3c2CN(CCC)CC3)cc1OCC. The van der Waals surface area contributed by atoms with Crippen LogP contribution in [-0.4, -0.2) is 41.4 Å². The summed E-state index contributed by atoms with van der Waals surface area (Å²) in [6.45, 7) is 11.0. The molecule has 1 aliphatic heterocycles. The highest BCUT2D eigenvalue weighted by Crippen LogP contribution is 2.35. The van der Waals surface area contributed by atoms with Crippen molar-refractivity contribution in [3.8, 4) is 22.8 Å². The molecule has 148 valence electrons. The lowest BCUT2D eigenvalue weighted by molar-refractivity contribution is 0.254. The normalized spacial score (nSPS) is 14.2. The van der Waals surface area contributed by atoms with E-state index >= 15 is 0 Å². The number of aromatic amines is 1. The van der Waals surface area contributed by atoms with Gasteiger partial charge in [0.2, 0.25) is 0 Å². The van der Waals surface area contributed by atoms with Crippen LogP contribution in [0.15, 0.2) is 18.2 Å². The molecule has 0 amide bonds. The molecule has 0 saturated heterocycles. The third kappa shape index (κ3) is 4.83. The summed E-state index contributed by atoms with van der Waals surface area (Å²) >= 11 is 0. The first-order valence-electron chi connectivity index (χ1n) is 10.4. The minimum Gasteiger partial charge on any atom is -0.490 e. The van der Waals surface area contributed by atoms with Gasteiger partial charge in [-0.2, -0.15) is 5.10 Å². The molecule has 2 heterocycles. The van der Waals surface area contributed by atoms with Crippen molar-refractivity contribution in [2.75, 3.05) is 26.3 Å². The van der Waals surface area contributed by atoms with Crippen molar-refractivity contribution in [2.45, 2.75) is 59.4 Å². The first-order chi connectivity index (χ1) is 13.3. The number of fused-ring (bicyclic) bond motifs is 1. The fraction of sp³-hybridized carbons (Fsp3) is 0.591. The molecule has 0 atom stereocenters. The van der Waals surface area contributed by atoms with Crippen LogP contribution < -0.4 is 9.47 Å². The monoisotopic (exact) mass is 371 g/mol. The van der Waals surface area contributed by atoms with E-state index in [4.69, 9.17) is 9.47 Å². The van der Waals surface area contributed by atoms with E-state index in [-0.39, 0.29) is 0 Å². The molecule has 0 unspecified atom stereocenters. The Hall–Kier alpha value is -2.01. The Bertz CT molecular complexity index is 726. The van der Waals surface area contributed by atoms with Gasteiger partial charge in [0.1, 0.15) is 0 Å². The molecule has 1 aliphatic rings. The van der Waals surface area contributed by atoms with E-state index in [1.54, 1.807) is 0 Å². The molecule has 2 aromatic rings. The van der Waals surface area contributed by atoms with Crippen molar-refractivity contribution in [2.24, 2.45) is 0 Å².